The van der Waals surface area contributed by atoms with Gasteiger partial charge in [-0.2, -0.15) is 23.5 Å². The van der Waals surface area contributed by atoms with Crippen molar-refractivity contribution in [2.45, 2.75) is 188 Å². The summed E-state index contributed by atoms with van der Waals surface area (Å²) in [6.45, 7) is 3.40. The Morgan fingerprint density at radius 3 is 1.23 bits per heavy atom. The molecule has 2 fully saturated rings. The molecule has 52 heteroatoms. The van der Waals surface area contributed by atoms with Crippen LogP contribution >= 0.6 is 47.0 Å². The number of nitrogens with zero attached hydrogens (tertiary/aromatic N) is 1. The molecule has 1 heterocycles. The molecule has 1 aliphatic carbocycles. The first-order chi connectivity index (χ1) is 58.6. The number of ketones is 6. The van der Waals surface area contributed by atoms with Gasteiger partial charge in [-0.3, -0.25) is 89.9 Å². The van der Waals surface area contributed by atoms with Crippen LogP contribution in [-0.4, -0.2) is 396 Å². The van der Waals surface area contributed by atoms with E-state index in [1.54, 1.807) is 0 Å². The number of aliphatic hydroxyl groups is 8. The molecule has 14 atom stereocenters. The van der Waals surface area contributed by atoms with E-state index in [4.69, 9.17) is 50.5 Å². The number of likely N-dealkylation sites (N-methyl/N-ethyl adjacent to an activating group) is 1. The van der Waals surface area contributed by atoms with Crippen molar-refractivity contribution in [2.24, 2.45) is 17.4 Å². The first-order valence-electron chi connectivity index (χ1n) is 38.9. The van der Waals surface area contributed by atoms with Crippen molar-refractivity contribution in [1.82, 2.24) is 31.6 Å². The highest BCUT2D eigenvalue weighted by atomic mass is 32.2. The highest BCUT2D eigenvalue weighted by molar-refractivity contribution is 8.00. The third-order valence-electron chi connectivity index (χ3n) is 16.7. The van der Waals surface area contributed by atoms with Crippen molar-refractivity contribution in [3.63, 3.8) is 0 Å². The van der Waals surface area contributed by atoms with Crippen molar-refractivity contribution in [1.29, 1.82) is 0 Å². The van der Waals surface area contributed by atoms with Crippen LogP contribution in [0, 0.1) is 5.92 Å². The number of nitrogens with two attached hydrogens (primary N) is 2. The minimum Gasteiger partial charge on any atom is -0.481 e. The second-order valence-electron chi connectivity index (χ2n) is 27.2. The van der Waals surface area contributed by atoms with Gasteiger partial charge in [-0.15, -0.1) is 28.6 Å². The van der Waals surface area contributed by atoms with Gasteiger partial charge < -0.3 is 128 Å². The minimum atomic E-state index is -2.21. The first kappa shape index (κ1) is 117. The van der Waals surface area contributed by atoms with Gasteiger partial charge in [0.05, 0.1) is 89.8 Å². The lowest BCUT2D eigenvalue weighted by Crippen LogP contribution is -2.52. The molecule has 0 spiro atoms. The molecule has 0 aromatic carbocycles. The molecule has 21 N–H and O–H groups in total. The monoisotopic (exact) mass is 1890 g/mol. The Kier molecular flexibility index (Phi) is 65.1. The van der Waals surface area contributed by atoms with E-state index >= 15 is 0 Å². The lowest BCUT2D eigenvalue weighted by Gasteiger charge is -2.25. The number of imide groups is 1. The summed E-state index contributed by atoms with van der Waals surface area (Å²) in [5.74, 6) is -12.7. The second kappa shape index (κ2) is 69.1. The topological polar surface area (TPSA) is 755 Å². The maximum Gasteiger partial charge on any atom is 0.335 e. The number of Topliss-reactive ketones (excluding diaryl/α,β-unsaturated/α-hetero) is 6. The predicted molar refractivity (Wildman–Crippen MR) is 444 cm³/mol. The van der Waals surface area contributed by atoms with Crippen molar-refractivity contribution in [2.75, 3.05) is 144 Å². The highest BCUT2D eigenvalue weighted by Gasteiger charge is 2.40. The number of ether oxygens (including phenoxy) is 5. The lowest BCUT2D eigenvalue weighted by atomic mass is 10.0. The summed E-state index contributed by atoms with van der Waals surface area (Å²) >= 11 is 4.23. The van der Waals surface area contributed by atoms with Gasteiger partial charge in [-0.25, -0.2) is 4.79 Å². The van der Waals surface area contributed by atoms with Gasteiger partial charge in [0.2, 0.25) is 17.9 Å². The number of carbonyl (C=O) groups excluding carboxylic acids is 14. The molecule has 1 aliphatic heterocycles. The van der Waals surface area contributed by atoms with Crippen LogP contribution in [0.25, 0.3) is 0 Å². The number of amides is 6. The summed E-state index contributed by atoms with van der Waals surface area (Å²) < 4.78 is 50.5. The summed E-state index contributed by atoms with van der Waals surface area (Å²) in [4.78, 5) is 212. The lowest BCUT2D eigenvalue weighted by molar-refractivity contribution is -0.198. The van der Waals surface area contributed by atoms with E-state index in [2.05, 4.69) is 31.4 Å². The van der Waals surface area contributed by atoms with Crippen molar-refractivity contribution < 1.29 is 185 Å². The number of carboxylic acids is 4. The summed E-state index contributed by atoms with van der Waals surface area (Å²) in [6, 6.07) is -3.00. The Hall–Kier alpha value is -7.04. The molecule has 0 radical (unpaired) electrons. The number of esters is 1. The molecule has 46 nitrogen and oxygen atoms in total. The molecule has 6 amide bonds. The number of hydroxylamine groups is 2. The van der Waals surface area contributed by atoms with Crippen LogP contribution in [0.5, 0.6) is 0 Å². The Balaban J connectivity index is 0.00000192. The molecular formula is C72H118N8O38S6. The fraction of sp³-hybridized carbons (Fsp3) is 0.750. The van der Waals surface area contributed by atoms with Gasteiger partial charge in [0.15, 0.2) is 34.6 Å². The van der Waals surface area contributed by atoms with E-state index in [0.29, 0.717) is 57.4 Å². The minimum absolute atomic E-state index is 0.0111. The molecule has 0 aromatic rings. The molecule has 1 saturated heterocycles. The standard InChI is InChI=1S/C33H57N3O16S3.C21H38N4O12S3.C18H23NO10/c1-21(37)7-13-51-11-5-12-52-14-8-23(38)16-22(31(45)46)17-53-18-24(39)6-3-9-36-30(44)28(42)27(41)29(43)33(49)55(50)15-4-10-35-26(40)20-54-19-25(34-2)32(47)48;22-12(19(32)33)8-38-7-11(26)3-1-4-25-18(31)16(29)15(28)17(30)21(36)40(37)6-2-5-24-14(27)10-39-9-13(23)20(34)35;20-12-2-3-13(21)18(12)28-16(24)6-10-26-8-1-9-27-11-7-17(25)29-19-14(22)4-5-15(19)23/h22,25,27-29,33-34,41-43,49H,3-20H2,1-2H3,(H,35,40)(H,36,44)(H,45,46)(H,47,48);12-13,15-17,21,28-30,36H,1-10,22-23H2,(H,24,27)(H,25,31)(H,32,33)(H,34,35);18H,1-11H2/t22?,25?,27-,28-,29-,33-,55?;12?,13?,15-,16-,17-,21-,40?;/m00./s1. The van der Waals surface area contributed by atoms with Crippen molar-refractivity contribution in [3.8, 4) is 0 Å². The van der Waals surface area contributed by atoms with E-state index in [-0.39, 0.29) is 228 Å². The van der Waals surface area contributed by atoms with Crippen LogP contribution in [-0.2, 0) is 136 Å². The SMILES string of the molecule is CNC(CSCC(=O)NCCCS(=O)[C@H](O)[C@@H](O)[C@@H](O)[C@H](O)C(=O)NCCCC(=O)CSCC(CC(=O)CCOCCCOCCC(C)=O)C(=O)O)C(=O)O.NC(CSCC(=O)CCCNC(=O)[C@@H](O)[C@H](O)[C@H](O)[C@@H](O)S(=O)CCCNC(=O)CSCC(N)C(=O)O)C(=O)O.O=C(CCOCCCOCCC(=O)ON1C(=O)CCC1=O)OC1C(=O)CCC1=O. The average Bonchev–Trinajstić information content (AvgIpc) is 1.81. The first-order valence-corrected chi connectivity index (χ1v) is 46.3. The number of rotatable bonds is 71. The average molecular weight is 1900 g/mol. The van der Waals surface area contributed by atoms with E-state index in [1.807, 2.05) is 0 Å². The third kappa shape index (κ3) is 54.9. The summed E-state index contributed by atoms with van der Waals surface area (Å²) in [6.07, 6.45) is -12.4. The van der Waals surface area contributed by atoms with Gasteiger partial charge in [0.25, 0.3) is 23.6 Å². The predicted octanol–water partition coefficient (Wildman–Crippen LogP) is -7.26. The summed E-state index contributed by atoms with van der Waals surface area (Å²) in [5.41, 5.74) is 6.60. The molecule has 2 rings (SSSR count). The molecule has 124 heavy (non-hydrogen) atoms. The van der Waals surface area contributed by atoms with Crippen LogP contribution in [0.3, 0.4) is 0 Å². The number of carbonyl (C=O) groups is 18. The molecule has 0 bridgehead atoms. The van der Waals surface area contributed by atoms with E-state index in [0.717, 1.165) is 47.0 Å². The smallest absolute Gasteiger partial charge is 0.335 e. The second-order valence-corrected chi connectivity index (χ2v) is 34.6. The number of nitrogens with one attached hydrogen (secondary N) is 5. The zero-order chi connectivity index (χ0) is 93.8. The van der Waals surface area contributed by atoms with Crippen LogP contribution in [0.4, 0.5) is 0 Å². The van der Waals surface area contributed by atoms with E-state index < -0.39 is 171 Å². The molecular weight excluding hydrogens is 1780 g/mol. The van der Waals surface area contributed by atoms with Crippen molar-refractivity contribution in [3.05, 3.63) is 0 Å². The molecule has 6 unspecified atom stereocenters. The van der Waals surface area contributed by atoms with Gasteiger partial charge in [0.1, 0.15) is 65.7 Å². The Morgan fingerprint density at radius 1 is 0.444 bits per heavy atom. The quantitative estimate of drug-likeness (QED) is 0.0116. The fourth-order valence-electron chi connectivity index (χ4n) is 9.55. The number of hydrogen-bond donors (Lipinski definition) is 19. The van der Waals surface area contributed by atoms with Gasteiger partial charge in [-0.1, -0.05) is 0 Å². The Morgan fingerprint density at radius 2 is 0.831 bits per heavy atom. The maximum absolute atomic E-state index is 12.4. The van der Waals surface area contributed by atoms with Gasteiger partial charge >= 0.3 is 35.8 Å². The fourth-order valence-corrected chi connectivity index (χ4v) is 15.5. The largest absolute Gasteiger partial charge is 0.481 e. The maximum atomic E-state index is 12.4. The van der Waals surface area contributed by atoms with E-state index in [1.165, 1.54) is 14.0 Å². The van der Waals surface area contributed by atoms with Gasteiger partial charge in [-0.05, 0) is 52.5 Å². The zero-order valence-electron chi connectivity index (χ0n) is 68.6. The number of aliphatic carboxylic acids is 4. The van der Waals surface area contributed by atoms with Crippen LogP contribution in [0.1, 0.15) is 116 Å². The zero-order valence-corrected chi connectivity index (χ0v) is 73.5. The molecule has 1 saturated carbocycles. The molecule has 2 aliphatic rings. The Labute approximate surface area is 735 Å². The van der Waals surface area contributed by atoms with E-state index in [9.17, 15) is 141 Å². The number of thioether (sulfide) groups is 4. The normalized spacial score (nSPS) is 16.1. The number of aliphatic hydroxyl groups excluding tert-OH is 8. The van der Waals surface area contributed by atoms with Crippen molar-refractivity contribution >= 4 is 175 Å². The van der Waals surface area contributed by atoms with Gasteiger partial charge in [0, 0.05) is 145 Å². The Bertz CT molecular complexity index is 3290. The van der Waals surface area contributed by atoms with Crippen LogP contribution < -0.4 is 38.1 Å². The molecule has 710 valence electrons. The number of hydrogen-bond acceptors (Lipinski definition) is 41. The highest BCUT2D eigenvalue weighted by Crippen LogP contribution is 2.19. The molecule has 0 aromatic heterocycles. The van der Waals surface area contributed by atoms with Crippen LogP contribution in [0.15, 0.2) is 0 Å². The third-order valence-corrected chi connectivity index (χ3v) is 24.1. The number of carboxylic acid groups (broad SMARTS) is 4. The summed E-state index contributed by atoms with van der Waals surface area (Å²) in [5, 5.41) is 129. The van der Waals surface area contributed by atoms with Crippen LogP contribution in [0.2, 0.25) is 0 Å². The summed E-state index contributed by atoms with van der Waals surface area (Å²) in [7, 11) is -2.77.